The van der Waals surface area contributed by atoms with Crippen molar-refractivity contribution < 1.29 is 37.8 Å². The number of rotatable bonds is 7. The van der Waals surface area contributed by atoms with Crippen LogP contribution in [0.15, 0.2) is 54.9 Å². The number of halogens is 3. The highest BCUT2D eigenvalue weighted by Gasteiger charge is 2.38. The second kappa shape index (κ2) is 12.5. The molecule has 5 rings (SSSR count). The average Bonchev–Trinajstić information content (AvgIpc) is 3.67. The van der Waals surface area contributed by atoms with Crippen molar-refractivity contribution in [3.63, 3.8) is 0 Å². The van der Waals surface area contributed by atoms with Crippen molar-refractivity contribution in [2.24, 2.45) is 0 Å². The zero-order valence-electron chi connectivity index (χ0n) is 22.2. The van der Waals surface area contributed by atoms with E-state index in [2.05, 4.69) is 26.3 Å². The zero-order valence-corrected chi connectivity index (χ0v) is 22.2. The normalized spacial score (nSPS) is 17.3. The van der Waals surface area contributed by atoms with Crippen LogP contribution in [-0.2, 0) is 27.2 Å². The molecule has 0 radical (unpaired) electrons. The molecule has 2 amide bonds. The summed E-state index contributed by atoms with van der Waals surface area (Å²) in [5.74, 6) is -1.99. The smallest absolute Gasteiger partial charge is 0.475 e. The second-order valence-electron chi connectivity index (χ2n) is 9.98. The van der Waals surface area contributed by atoms with Gasteiger partial charge in [-0.05, 0) is 35.2 Å². The Hall–Kier alpha value is -4.23. The predicted octanol–water partition coefficient (Wildman–Crippen LogP) is 3.01. The number of imidazole rings is 1. The Morgan fingerprint density at radius 2 is 1.98 bits per heavy atom. The van der Waals surface area contributed by atoms with E-state index in [9.17, 15) is 27.9 Å². The molecular formula is C28H30F3N5O5. The highest BCUT2D eigenvalue weighted by atomic mass is 19.4. The maximum atomic E-state index is 13.4. The number of aliphatic carboxylic acids is 1. The SMILES string of the molecule is CN(C(=O)Cc1ccc2c(c1)NC(=O)C2)[C@H](CN1CC[C@H](O)C1)c1cccc(-c2ncc[nH]2)c1.O=C(O)C(F)(F)F. The van der Waals surface area contributed by atoms with E-state index in [1.165, 1.54) is 0 Å². The first-order valence-corrected chi connectivity index (χ1v) is 12.9. The number of aliphatic hydroxyl groups is 1. The molecule has 2 atom stereocenters. The molecule has 0 aliphatic carbocycles. The molecule has 1 saturated heterocycles. The first kappa shape index (κ1) is 29.7. The summed E-state index contributed by atoms with van der Waals surface area (Å²) < 4.78 is 31.7. The maximum absolute atomic E-state index is 13.4. The van der Waals surface area contributed by atoms with Gasteiger partial charge in [0.25, 0.3) is 0 Å². The molecule has 3 heterocycles. The minimum Gasteiger partial charge on any atom is -0.475 e. The summed E-state index contributed by atoms with van der Waals surface area (Å²) in [5, 5.41) is 20.0. The van der Waals surface area contributed by atoms with Crippen molar-refractivity contribution in [1.29, 1.82) is 0 Å². The van der Waals surface area contributed by atoms with Crippen LogP contribution in [0.25, 0.3) is 11.4 Å². The molecule has 1 fully saturated rings. The van der Waals surface area contributed by atoms with Crippen LogP contribution in [-0.4, -0.2) is 86.7 Å². The van der Waals surface area contributed by atoms with Gasteiger partial charge >= 0.3 is 12.1 Å². The van der Waals surface area contributed by atoms with Crippen LogP contribution in [0, 0.1) is 0 Å². The lowest BCUT2D eigenvalue weighted by Crippen LogP contribution is -2.39. The van der Waals surface area contributed by atoms with Gasteiger partial charge in [0.05, 0.1) is 25.0 Å². The number of aromatic amines is 1. The van der Waals surface area contributed by atoms with E-state index in [1.807, 2.05) is 43.4 Å². The predicted molar refractivity (Wildman–Crippen MR) is 143 cm³/mol. The van der Waals surface area contributed by atoms with E-state index in [4.69, 9.17) is 9.90 Å². The maximum Gasteiger partial charge on any atom is 0.490 e. The number of benzene rings is 2. The number of amides is 2. The minimum absolute atomic E-state index is 0.00239. The third kappa shape index (κ3) is 7.70. The van der Waals surface area contributed by atoms with E-state index in [-0.39, 0.29) is 30.4 Å². The molecule has 3 aromatic rings. The quantitative estimate of drug-likeness (QED) is 0.341. The molecule has 2 aliphatic rings. The van der Waals surface area contributed by atoms with Gasteiger partial charge in [0.1, 0.15) is 5.82 Å². The molecule has 0 spiro atoms. The lowest BCUT2D eigenvalue weighted by Gasteiger charge is -2.32. The van der Waals surface area contributed by atoms with Crippen molar-refractivity contribution in [2.45, 2.75) is 37.6 Å². The number of carboxylic acids is 1. The summed E-state index contributed by atoms with van der Waals surface area (Å²) in [6, 6.07) is 13.7. The Labute approximate surface area is 233 Å². The number of carbonyl (C=O) groups is 3. The first-order valence-electron chi connectivity index (χ1n) is 12.9. The van der Waals surface area contributed by atoms with Gasteiger partial charge in [0.2, 0.25) is 11.8 Å². The topological polar surface area (TPSA) is 139 Å². The van der Waals surface area contributed by atoms with E-state index >= 15 is 0 Å². The molecule has 218 valence electrons. The number of nitrogens with zero attached hydrogens (tertiary/aromatic N) is 3. The molecule has 10 nitrogen and oxygen atoms in total. The number of aliphatic hydroxyl groups excluding tert-OH is 1. The molecule has 1 aromatic heterocycles. The highest BCUT2D eigenvalue weighted by Crippen LogP contribution is 2.28. The Morgan fingerprint density at radius 1 is 1.22 bits per heavy atom. The molecule has 0 saturated carbocycles. The number of likely N-dealkylation sites (N-methyl/N-ethyl adjacent to an activating group) is 1. The number of hydrogen-bond donors (Lipinski definition) is 4. The number of β-amino-alcohol motifs (C(OH)–C–C–N with tert-alkyl or cyclic N) is 1. The van der Waals surface area contributed by atoms with Crippen LogP contribution in [0.2, 0.25) is 0 Å². The van der Waals surface area contributed by atoms with Gasteiger partial charge in [0.15, 0.2) is 0 Å². The monoisotopic (exact) mass is 573 g/mol. The van der Waals surface area contributed by atoms with Gasteiger partial charge < -0.3 is 25.4 Å². The molecule has 0 unspecified atom stereocenters. The van der Waals surface area contributed by atoms with E-state index in [1.54, 1.807) is 17.3 Å². The van der Waals surface area contributed by atoms with Crippen molar-refractivity contribution in [2.75, 3.05) is 32.0 Å². The lowest BCUT2D eigenvalue weighted by atomic mass is 10.0. The second-order valence-corrected chi connectivity index (χ2v) is 9.98. The number of fused-ring (bicyclic) bond motifs is 1. The molecular weight excluding hydrogens is 543 g/mol. The summed E-state index contributed by atoms with van der Waals surface area (Å²) in [7, 11) is 1.84. The van der Waals surface area contributed by atoms with Crippen molar-refractivity contribution in [1.82, 2.24) is 19.8 Å². The average molecular weight is 574 g/mol. The van der Waals surface area contributed by atoms with Gasteiger partial charge in [-0.25, -0.2) is 9.78 Å². The fourth-order valence-corrected chi connectivity index (χ4v) is 4.84. The number of alkyl halides is 3. The summed E-state index contributed by atoms with van der Waals surface area (Å²) in [6.07, 6.45) is -0.509. The van der Waals surface area contributed by atoms with Gasteiger partial charge in [-0.1, -0.05) is 30.3 Å². The van der Waals surface area contributed by atoms with Gasteiger partial charge in [-0.2, -0.15) is 13.2 Å². The summed E-state index contributed by atoms with van der Waals surface area (Å²) in [6.45, 7) is 2.06. The Bertz CT molecular complexity index is 1400. The van der Waals surface area contributed by atoms with E-state index < -0.39 is 12.1 Å². The number of anilines is 1. The van der Waals surface area contributed by atoms with Crippen molar-refractivity contribution in [3.8, 4) is 11.4 Å². The standard InChI is InChI=1S/C26H29N5O3.C2HF3O2/c1-30(25(34)12-17-5-6-18-14-24(33)29-22(18)11-17)23(16-31-10-7-21(32)15-31)19-3-2-4-20(13-19)26-27-8-9-28-26;3-2(4,5)1(6)7/h2-6,8-9,11,13,21,23,32H,7,10,12,14-16H2,1H3,(H,27,28)(H,29,33);(H,6,7)/t21-,23+;/m0./s1. The van der Waals surface area contributed by atoms with Crippen LogP contribution in [0.4, 0.5) is 18.9 Å². The number of carbonyl (C=O) groups excluding carboxylic acids is 2. The number of likely N-dealkylation sites (tertiary alicyclic amines) is 1. The summed E-state index contributed by atoms with van der Waals surface area (Å²) >= 11 is 0. The van der Waals surface area contributed by atoms with Crippen LogP contribution < -0.4 is 5.32 Å². The van der Waals surface area contributed by atoms with Crippen molar-refractivity contribution in [3.05, 3.63) is 71.5 Å². The molecule has 2 aromatic carbocycles. The van der Waals surface area contributed by atoms with E-state index in [0.717, 1.165) is 46.7 Å². The Kier molecular flexibility index (Phi) is 9.08. The molecule has 4 N–H and O–H groups in total. The van der Waals surface area contributed by atoms with Crippen LogP contribution in [0.1, 0.15) is 29.2 Å². The van der Waals surface area contributed by atoms with Crippen molar-refractivity contribution >= 4 is 23.5 Å². The third-order valence-electron chi connectivity index (χ3n) is 6.98. The number of carboxylic acid groups (broad SMARTS) is 1. The fourth-order valence-electron chi connectivity index (χ4n) is 4.84. The Morgan fingerprint density at radius 3 is 2.61 bits per heavy atom. The van der Waals surface area contributed by atoms with Crippen LogP contribution in [0.3, 0.4) is 0 Å². The number of nitrogens with one attached hydrogen (secondary N) is 2. The fraction of sp³-hybridized carbons (Fsp3) is 0.357. The van der Waals surface area contributed by atoms with E-state index in [0.29, 0.717) is 19.5 Å². The third-order valence-corrected chi connectivity index (χ3v) is 6.98. The summed E-state index contributed by atoms with van der Waals surface area (Å²) in [4.78, 5) is 45.5. The zero-order chi connectivity index (χ0) is 29.7. The molecule has 0 bridgehead atoms. The molecule has 2 aliphatic heterocycles. The largest absolute Gasteiger partial charge is 0.490 e. The Balaban J connectivity index is 0.000000493. The van der Waals surface area contributed by atoms with Gasteiger partial charge in [-0.3, -0.25) is 14.5 Å². The first-order chi connectivity index (χ1) is 19.4. The number of H-pyrrole nitrogens is 1. The summed E-state index contributed by atoms with van der Waals surface area (Å²) in [5.41, 5.74) is 4.62. The minimum atomic E-state index is -5.08. The van der Waals surface area contributed by atoms with Crippen LogP contribution in [0.5, 0.6) is 0 Å². The number of hydrogen-bond acceptors (Lipinski definition) is 6. The van der Waals surface area contributed by atoms with Gasteiger partial charge in [-0.15, -0.1) is 0 Å². The highest BCUT2D eigenvalue weighted by molar-refractivity contribution is 5.99. The molecule has 13 heteroatoms. The lowest BCUT2D eigenvalue weighted by molar-refractivity contribution is -0.192. The van der Waals surface area contributed by atoms with Crippen LogP contribution >= 0.6 is 0 Å². The van der Waals surface area contributed by atoms with Gasteiger partial charge in [0, 0.05) is 50.3 Å². The number of aromatic nitrogens is 2. The molecule has 41 heavy (non-hydrogen) atoms.